The number of hydrogen-bond acceptors (Lipinski definition) is 4. The molecule has 2 aliphatic rings. The van der Waals surface area contributed by atoms with Crippen molar-refractivity contribution in [3.8, 4) is 0 Å². The molecule has 0 spiro atoms. The van der Waals surface area contributed by atoms with Gasteiger partial charge in [-0.1, -0.05) is 66.5 Å². The summed E-state index contributed by atoms with van der Waals surface area (Å²) in [6, 6.07) is 18.1. The molecular weight excluding hydrogens is 577 g/mol. The number of likely N-dealkylation sites (tertiary alicyclic amines) is 1. The molecule has 1 aliphatic carbocycles. The standard InChI is InChI=1S/C32H35Cl2N3O3S/c1-3-15-32(2)19-27(23-6-4-8-26(34)17-23)30(22-11-13-25(33)14-12-22)37(31(32)38)28(21-9-10-21)18-29(41(35,39)40)24-7-5-16-36-20-24/h3-8,11-14,16-17,20-21,27-30H,1,9-10,15,18-19H2,2H3,(H2,35,39,40)/t27-,28+,29?,30-,32+/m1/s1. The van der Waals surface area contributed by atoms with Crippen LogP contribution in [-0.4, -0.2) is 30.3 Å². The van der Waals surface area contributed by atoms with Gasteiger partial charge in [0.25, 0.3) is 0 Å². The second-order valence-electron chi connectivity index (χ2n) is 11.6. The Morgan fingerprint density at radius 2 is 1.83 bits per heavy atom. The summed E-state index contributed by atoms with van der Waals surface area (Å²) in [4.78, 5) is 20.8. The molecule has 1 unspecified atom stereocenters. The molecule has 2 aromatic carbocycles. The summed E-state index contributed by atoms with van der Waals surface area (Å²) >= 11 is 12.8. The number of aromatic nitrogens is 1. The van der Waals surface area contributed by atoms with Crippen LogP contribution in [0.2, 0.25) is 10.0 Å². The number of allylic oxidation sites excluding steroid dienone is 1. The molecule has 1 saturated carbocycles. The number of sulfonamides is 1. The molecule has 2 fully saturated rings. The minimum atomic E-state index is -4.00. The van der Waals surface area contributed by atoms with E-state index < -0.39 is 20.7 Å². The molecule has 2 N–H and O–H groups in total. The number of carbonyl (C=O) groups excluding carboxylic acids is 1. The number of amides is 1. The van der Waals surface area contributed by atoms with Gasteiger partial charge in [0.15, 0.2) is 0 Å². The Morgan fingerprint density at radius 3 is 2.41 bits per heavy atom. The second kappa shape index (κ2) is 11.9. The smallest absolute Gasteiger partial charge is 0.229 e. The van der Waals surface area contributed by atoms with Gasteiger partial charge in [-0.2, -0.15) is 0 Å². The molecule has 1 saturated heterocycles. The van der Waals surface area contributed by atoms with Crippen LogP contribution >= 0.6 is 23.2 Å². The molecule has 41 heavy (non-hydrogen) atoms. The SMILES string of the molecule is C=CC[C@@]1(C)C[C@H](c2cccc(Cl)c2)[C@@H](c2ccc(Cl)cc2)N([C@@H](CC(c2cccnc2)S(N)(=O)=O)C2CC2)C1=O. The van der Waals surface area contributed by atoms with E-state index in [1.807, 2.05) is 54.3 Å². The number of benzene rings is 2. The van der Waals surface area contributed by atoms with Crippen LogP contribution in [-0.2, 0) is 14.8 Å². The normalized spacial score (nSPS) is 24.6. The van der Waals surface area contributed by atoms with E-state index in [0.29, 0.717) is 28.5 Å². The molecule has 5 rings (SSSR count). The van der Waals surface area contributed by atoms with E-state index in [0.717, 1.165) is 24.0 Å². The number of halogens is 2. The third kappa shape index (κ3) is 6.38. The van der Waals surface area contributed by atoms with Crippen LogP contribution in [0.25, 0.3) is 0 Å². The molecule has 1 amide bonds. The summed E-state index contributed by atoms with van der Waals surface area (Å²) in [5.41, 5.74) is 1.74. The quantitative estimate of drug-likeness (QED) is 0.245. The number of hydrogen-bond donors (Lipinski definition) is 1. The first-order valence-electron chi connectivity index (χ1n) is 13.9. The minimum absolute atomic E-state index is 0.00751. The van der Waals surface area contributed by atoms with Gasteiger partial charge in [0, 0.05) is 34.4 Å². The fourth-order valence-electron chi connectivity index (χ4n) is 6.51. The number of nitrogens with two attached hydrogens (primary N) is 1. The van der Waals surface area contributed by atoms with Crippen molar-refractivity contribution in [1.82, 2.24) is 9.88 Å². The second-order valence-corrected chi connectivity index (χ2v) is 14.3. The van der Waals surface area contributed by atoms with Crippen molar-refractivity contribution in [2.75, 3.05) is 0 Å². The van der Waals surface area contributed by atoms with Gasteiger partial charge >= 0.3 is 0 Å². The van der Waals surface area contributed by atoms with Crippen molar-refractivity contribution in [2.24, 2.45) is 16.5 Å². The number of primary sulfonamides is 1. The lowest BCUT2D eigenvalue weighted by Gasteiger charge is -2.52. The Kier molecular flexibility index (Phi) is 8.63. The molecule has 9 heteroatoms. The summed E-state index contributed by atoms with van der Waals surface area (Å²) < 4.78 is 26.0. The topological polar surface area (TPSA) is 93.4 Å². The summed E-state index contributed by atoms with van der Waals surface area (Å²) in [5.74, 6) is 0.0396. The van der Waals surface area contributed by atoms with Crippen molar-refractivity contribution >= 4 is 39.1 Å². The zero-order valence-electron chi connectivity index (χ0n) is 23.0. The van der Waals surface area contributed by atoms with E-state index in [1.54, 1.807) is 30.6 Å². The zero-order chi connectivity index (χ0) is 29.4. The number of pyridine rings is 1. The lowest BCUT2D eigenvalue weighted by molar-refractivity contribution is -0.155. The zero-order valence-corrected chi connectivity index (χ0v) is 25.3. The highest BCUT2D eigenvalue weighted by Gasteiger charge is 2.54. The van der Waals surface area contributed by atoms with Gasteiger partial charge in [0.1, 0.15) is 5.25 Å². The Morgan fingerprint density at radius 1 is 1.10 bits per heavy atom. The predicted octanol–water partition coefficient (Wildman–Crippen LogP) is 7.23. The van der Waals surface area contributed by atoms with Crippen LogP contribution in [0.3, 0.4) is 0 Å². The average Bonchev–Trinajstić information content (AvgIpc) is 3.77. The van der Waals surface area contributed by atoms with E-state index in [1.165, 1.54) is 0 Å². The molecule has 6 nitrogen and oxygen atoms in total. The number of rotatable bonds is 10. The fourth-order valence-corrected chi connectivity index (χ4v) is 7.82. The van der Waals surface area contributed by atoms with Gasteiger partial charge in [0.05, 0.1) is 11.5 Å². The summed E-state index contributed by atoms with van der Waals surface area (Å²) in [7, 11) is -4.00. The largest absolute Gasteiger partial charge is 0.331 e. The van der Waals surface area contributed by atoms with Crippen molar-refractivity contribution in [3.63, 3.8) is 0 Å². The Balaban J connectivity index is 1.69. The van der Waals surface area contributed by atoms with E-state index in [4.69, 9.17) is 28.3 Å². The maximum absolute atomic E-state index is 14.7. The van der Waals surface area contributed by atoms with E-state index in [-0.39, 0.29) is 36.2 Å². The maximum Gasteiger partial charge on any atom is 0.229 e. The van der Waals surface area contributed by atoms with E-state index in [9.17, 15) is 13.2 Å². The van der Waals surface area contributed by atoms with Gasteiger partial charge in [-0.25, -0.2) is 13.6 Å². The lowest BCUT2D eigenvalue weighted by Crippen LogP contribution is -2.56. The summed E-state index contributed by atoms with van der Waals surface area (Å²) in [6.45, 7) is 5.95. The lowest BCUT2D eigenvalue weighted by atomic mass is 9.66. The molecule has 5 atom stereocenters. The van der Waals surface area contributed by atoms with Crippen molar-refractivity contribution in [2.45, 2.75) is 62.3 Å². The molecule has 3 aromatic rings. The highest BCUT2D eigenvalue weighted by atomic mass is 35.5. The summed E-state index contributed by atoms with van der Waals surface area (Å²) in [5, 5.41) is 6.06. The number of piperidine rings is 1. The predicted molar refractivity (Wildman–Crippen MR) is 164 cm³/mol. The van der Waals surface area contributed by atoms with Crippen LogP contribution < -0.4 is 5.14 Å². The van der Waals surface area contributed by atoms with Crippen LogP contribution in [0.1, 0.15) is 72.9 Å². The van der Waals surface area contributed by atoms with E-state index in [2.05, 4.69) is 17.6 Å². The number of nitrogens with zero attached hydrogens (tertiary/aromatic N) is 2. The van der Waals surface area contributed by atoms with Crippen LogP contribution in [0, 0.1) is 11.3 Å². The highest BCUT2D eigenvalue weighted by molar-refractivity contribution is 7.89. The third-order valence-corrected chi connectivity index (χ3v) is 10.4. The highest BCUT2D eigenvalue weighted by Crippen LogP contribution is 2.55. The van der Waals surface area contributed by atoms with Crippen LogP contribution in [0.5, 0.6) is 0 Å². The maximum atomic E-state index is 14.7. The van der Waals surface area contributed by atoms with Gasteiger partial charge in [-0.05, 0) is 85.0 Å². The molecule has 216 valence electrons. The minimum Gasteiger partial charge on any atom is -0.331 e. The number of carbonyl (C=O) groups is 1. The molecule has 1 aliphatic heterocycles. The third-order valence-electron chi connectivity index (χ3n) is 8.62. The molecule has 2 heterocycles. The first-order chi connectivity index (χ1) is 19.5. The van der Waals surface area contributed by atoms with Gasteiger partial charge in [0.2, 0.25) is 15.9 Å². The van der Waals surface area contributed by atoms with Gasteiger partial charge < -0.3 is 4.90 Å². The first kappa shape index (κ1) is 29.8. The average molecular weight is 613 g/mol. The Labute approximate surface area is 252 Å². The Bertz CT molecular complexity index is 1510. The van der Waals surface area contributed by atoms with E-state index >= 15 is 0 Å². The monoisotopic (exact) mass is 611 g/mol. The van der Waals surface area contributed by atoms with Crippen molar-refractivity contribution in [1.29, 1.82) is 0 Å². The Hall–Kier alpha value is -2.71. The fraction of sp³-hybridized carbons (Fsp3) is 0.375. The summed E-state index contributed by atoms with van der Waals surface area (Å²) in [6.07, 6.45) is 8.01. The van der Waals surface area contributed by atoms with Gasteiger partial charge in [-0.15, -0.1) is 6.58 Å². The molecule has 1 aromatic heterocycles. The van der Waals surface area contributed by atoms with Gasteiger partial charge in [-0.3, -0.25) is 9.78 Å². The van der Waals surface area contributed by atoms with Crippen molar-refractivity contribution in [3.05, 3.63) is 112 Å². The molecule has 0 radical (unpaired) electrons. The molecule has 0 bridgehead atoms. The molecular formula is C32H35Cl2N3O3S. The first-order valence-corrected chi connectivity index (χ1v) is 16.2. The van der Waals surface area contributed by atoms with Crippen LogP contribution in [0.4, 0.5) is 0 Å². The van der Waals surface area contributed by atoms with Crippen LogP contribution in [0.15, 0.2) is 85.7 Å². The van der Waals surface area contributed by atoms with Crippen molar-refractivity contribution < 1.29 is 13.2 Å².